The van der Waals surface area contributed by atoms with Gasteiger partial charge in [-0.05, 0) is 25.5 Å². The van der Waals surface area contributed by atoms with Gasteiger partial charge in [0, 0.05) is 6.61 Å². The molecule has 0 aliphatic carbocycles. The van der Waals surface area contributed by atoms with Gasteiger partial charge in [-0.3, -0.25) is 4.79 Å². The summed E-state index contributed by atoms with van der Waals surface area (Å²) in [6, 6.07) is 6.13. The lowest BCUT2D eigenvalue weighted by atomic mass is 10.1. The third kappa shape index (κ3) is 2.51. The SMILES string of the molecule is CC1OCCC1NC(=O)c1ccccc1C(=O)O. The highest BCUT2D eigenvalue weighted by Gasteiger charge is 2.27. The number of ether oxygens (including phenoxy) is 1. The Balaban J connectivity index is 2.16. The van der Waals surface area contributed by atoms with Crippen molar-refractivity contribution in [3.63, 3.8) is 0 Å². The summed E-state index contributed by atoms with van der Waals surface area (Å²) in [5.74, 6) is -1.47. The first-order valence-electron chi connectivity index (χ1n) is 5.84. The van der Waals surface area contributed by atoms with E-state index in [2.05, 4.69) is 5.32 Å². The highest BCUT2D eigenvalue weighted by atomic mass is 16.5. The molecule has 2 atom stereocenters. The van der Waals surface area contributed by atoms with Gasteiger partial charge in [0.1, 0.15) is 0 Å². The second kappa shape index (κ2) is 5.18. The first-order valence-corrected chi connectivity index (χ1v) is 5.84. The molecule has 96 valence electrons. The summed E-state index contributed by atoms with van der Waals surface area (Å²) in [6.07, 6.45) is 0.716. The third-order valence-electron chi connectivity index (χ3n) is 3.09. The third-order valence-corrected chi connectivity index (χ3v) is 3.09. The topological polar surface area (TPSA) is 75.6 Å². The lowest BCUT2D eigenvalue weighted by Crippen LogP contribution is -2.39. The van der Waals surface area contributed by atoms with Crippen LogP contribution in [0.2, 0.25) is 0 Å². The number of carbonyl (C=O) groups is 2. The van der Waals surface area contributed by atoms with Crippen molar-refractivity contribution in [3.8, 4) is 0 Å². The van der Waals surface area contributed by atoms with Gasteiger partial charge in [0.25, 0.3) is 5.91 Å². The van der Waals surface area contributed by atoms with E-state index >= 15 is 0 Å². The summed E-state index contributed by atoms with van der Waals surface area (Å²) < 4.78 is 5.35. The maximum Gasteiger partial charge on any atom is 0.336 e. The largest absolute Gasteiger partial charge is 0.478 e. The van der Waals surface area contributed by atoms with Crippen LogP contribution in [0.15, 0.2) is 24.3 Å². The number of carbonyl (C=O) groups excluding carboxylic acids is 1. The number of rotatable bonds is 3. The second-order valence-electron chi connectivity index (χ2n) is 4.30. The molecular weight excluding hydrogens is 234 g/mol. The molecule has 0 spiro atoms. The molecule has 5 nitrogen and oxygen atoms in total. The normalized spacial score (nSPS) is 22.7. The van der Waals surface area contributed by atoms with E-state index in [1.54, 1.807) is 12.1 Å². The van der Waals surface area contributed by atoms with Gasteiger partial charge in [-0.2, -0.15) is 0 Å². The minimum absolute atomic E-state index is 0.0153. The zero-order valence-corrected chi connectivity index (χ0v) is 10.1. The molecule has 1 aromatic rings. The lowest BCUT2D eigenvalue weighted by molar-refractivity contribution is 0.0689. The highest BCUT2D eigenvalue weighted by molar-refractivity contribution is 6.04. The van der Waals surface area contributed by atoms with Crippen molar-refractivity contribution in [2.45, 2.75) is 25.5 Å². The van der Waals surface area contributed by atoms with E-state index in [4.69, 9.17) is 9.84 Å². The van der Waals surface area contributed by atoms with Crippen LogP contribution in [-0.2, 0) is 4.74 Å². The fraction of sp³-hybridized carbons (Fsp3) is 0.385. The second-order valence-corrected chi connectivity index (χ2v) is 4.30. The van der Waals surface area contributed by atoms with Crippen LogP contribution in [0.4, 0.5) is 0 Å². The summed E-state index contributed by atoms with van der Waals surface area (Å²) >= 11 is 0. The van der Waals surface area contributed by atoms with Crippen molar-refractivity contribution < 1.29 is 19.4 Å². The molecule has 18 heavy (non-hydrogen) atoms. The summed E-state index contributed by atoms with van der Waals surface area (Å²) in [7, 11) is 0. The van der Waals surface area contributed by atoms with E-state index in [-0.39, 0.29) is 29.2 Å². The van der Waals surface area contributed by atoms with Crippen LogP contribution in [0, 0.1) is 0 Å². The fourth-order valence-electron chi connectivity index (χ4n) is 2.04. The summed E-state index contributed by atoms with van der Waals surface area (Å²) in [6.45, 7) is 2.51. The van der Waals surface area contributed by atoms with Crippen molar-refractivity contribution in [2.75, 3.05) is 6.61 Å². The van der Waals surface area contributed by atoms with Crippen molar-refractivity contribution in [2.24, 2.45) is 0 Å². The molecule has 1 heterocycles. The van der Waals surface area contributed by atoms with Crippen molar-refractivity contribution in [1.29, 1.82) is 0 Å². The number of hydrogen-bond acceptors (Lipinski definition) is 3. The summed E-state index contributed by atoms with van der Waals surface area (Å²) in [5.41, 5.74) is 0.200. The number of benzene rings is 1. The average molecular weight is 249 g/mol. The summed E-state index contributed by atoms with van der Waals surface area (Å²) in [4.78, 5) is 23.1. The maximum absolute atomic E-state index is 12.0. The Kier molecular flexibility index (Phi) is 3.62. The molecule has 2 unspecified atom stereocenters. The molecule has 1 amide bonds. The van der Waals surface area contributed by atoms with Gasteiger partial charge in [0.05, 0.1) is 23.3 Å². The number of aromatic carboxylic acids is 1. The van der Waals surface area contributed by atoms with E-state index in [0.717, 1.165) is 6.42 Å². The van der Waals surface area contributed by atoms with Gasteiger partial charge >= 0.3 is 5.97 Å². The van der Waals surface area contributed by atoms with E-state index in [1.165, 1.54) is 12.1 Å². The predicted octanol–water partition coefficient (Wildman–Crippen LogP) is 1.29. The van der Waals surface area contributed by atoms with Crippen LogP contribution >= 0.6 is 0 Å². The molecule has 1 aromatic carbocycles. The van der Waals surface area contributed by atoms with Crippen LogP contribution in [0.25, 0.3) is 0 Å². The van der Waals surface area contributed by atoms with Gasteiger partial charge in [-0.15, -0.1) is 0 Å². The zero-order chi connectivity index (χ0) is 13.1. The molecule has 2 rings (SSSR count). The number of carboxylic acids is 1. The molecule has 0 saturated carbocycles. The van der Waals surface area contributed by atoms with Crippen LogP contribution < -0.4 is 5.32 Å². The minimum atomic E-state index is -1.10. The molecule has 1 fully saturated rings. The molecule has 1 aliphatic heterocycles. The Morgan fingerprint density at radius 2 is 2.00 bits per heavy atom. The Hall–Kier alpha value is -1.88. The van der Waals surface area contributed by atoms with E-state index in [9.17, 15) is 9.59 Å². The van der Waals surface area contributed by atoms with Gasteiger partial charge in [-0.25, -0.2) is 4.79 Å². The van der Waals surface area contributed by atoms with E-state index < -0.39 is 5.97 Å². The smallest absolute Gasteiger partial charge is 0.336 e. The lowest BCUT2D eigenvalue weighted by Gasteiger charge is -2.16. The molecule has 5 heteroatoms. The maximum atomic E-state index is 12.0. The van der Waals surface area contributed by atoms with Gasteiger partial charge < -0.3 is 15.2 Å². The number of nitrogens with one attached hydrogen (secondary N) is 1. The van der Waals surface area contributed by atoms with E-state index in [0.29, 0.717) is 6.61 Å². The number of amides is 1. The molecule has 0 bridgehead atoms. The Morgan fingerprint density at radius 1 is 1.33 bits per heavy atom. The van der Waals surface area contributed by atoms with Crippen LogP contribution in [0.1, 0.15) is 34.1 Å². The van der Waals surface area contributed by atoms with Gasteiger partial charge in [0.15, 0.2) is 0 Å². The first kappa shape index (κ1) is 12.6. The monoisotopic (exact) mass is 249 g/mol. The molecule has 0 aromatic heterocycles. The van der Waals surface area contributed by atoms with Crippen molar-refractivity contribution in [1.82, 2.24) is 5.32 Å². The first-order chi connectivity index (χ1) is 8.59. The quantitative estimate of drug-likeness (QED) is 0.846. The zero-order valence-electron chi connectivity index (χ0n) is 10.1. The van der Waals surface area contributed by atoms with Crippen LogP contribution in [0.5, 0.6) is 0 Å². The number of hydrogen-bond donors (Lipinski definition) is 2. The van der Waals surface area contributed by atoms with Crippen LogP contribution in [-0.4, -0.2) is 35.7 Å². The van der Waals surface area contributed by atoms with Gasteiger partial charge in [0.2, 0.25) is 0 Å². The minimum Gasteiger partial charge on any atom is -0.478 e. The standard InChI is InChI=1S/C13H15NO4/c1-8-11(6-7-18-8)14-12(15)9-4-2-3-5-10(9)13(16)17/h2-5,8,11H,6-7H2,1H3,(H,14,15)(H,16,17). The molecular formula is C13H15NO4. The van der Waals surface area contributed by atoms with Gasteiger partial charge in [-0.1, -0.05) is 12.1 Å². The average Bonchev–Trinajstić information content (AvgIpc) is 2.75. The van der Waals surface area contributed by atoms with Crippen LogP contribution in [0.3, 0.4) is 0 Å². The summed E-state index contributed by atoms with van der Waals surface area (Å²) in [5, 5.41) is 11.8. The van der Waals surface area contributed by atoms with E-state index in [1.807, 2.05) is 6.92 Å². The Bertz CT molecular complexity index is 472. The molecule has 1 aliphatic rings. The predicted molar refractivity (Wildman–Crippen MR) is 64.7 cm³/mol. The molecule has 0 radical (unpaired) electrons. The molecule has 1 saturated heterocycles. The van der Waals surface area contributed by atoms with Crippen molar-refractivity contribution in [3.05, 3.63) is 35.4 Å². The Morgan fingerprint density at radius 3 is 2.56 bits per heavy atom. The Labute approximate surface area is 105 Å². The number of carboxylic acid groups (broad SMARTS) is 1. The van der Waals surface area contributed by atoms with Crippen molar-refractivity contribution >= 4 is 11.9 Å². The fourth-order valence-corrected chi connectivity index (χ4v) is 2.04. The highest BCUT2D eigenvalue weighted by Crippen LogP contribution is 2.15. The molecule has 2 N–H and O–H groups in total.